The van der Waals surface area contributed by atoms with Gasteiger partial charge in [-0.1, -0.05) is 0 Å². The molecule has 0 saturated carbocycles. The van der Waals surface area contributed by atoms with E-state index in [0.717, 1.165) is 10.5 Å². The molecule has 1 fully saturated rings. The van der Waals surface area contributed by atoms with Crippen molar-refractivity contribution < 1.29 is 27.9 Å². The molecule has 1 amide bonds. The van der Waals surface area contributed by atoms with E-state index in [0.29, 0.717) is 10.9 Å². The van der Waals surface area contributed by atoms with Crippen LogP contribution in [0.25, 0.3) is 10.9 Å². The molecule has 1 aliphatic rings. The van der Waals surface area contributed by atoms with E-state index >= 15 is 0 Å². The van der Waals surface area contributed by atoms with E-state index in [1.54, 1.807) is 19.1 Å². The lowest BCUT2D eigenvalue weighted by molar-refractivity contribution is -0.227. The first-order valence-corrected chi connectivity index (χ1v) is 7.19. The van der Waals surface area contributed by atoms with Crippen molar-refractivity contribution in [1.29, 1.82) is 0 Å². The van der Waals surface area contributed by atoms with Crippen LogP contribution in [-0.2, 0) is 4.79 Å². The molecule has 24 heavy (non-hydrogen) atoms. The quantitative estimate of drug-likeness (QED) is 0.878. The Morgan fingerprint density at radius 1 is 1.38 bits per heavy atom. The number of halogens is 3. The minimum absolute atomic E-state index is 0.186. The van der Waals surface area contributed by atoms with Gasteiger partial charge in [0.15, 0.2) is 5.41 Å². The first-order valence-electron chi connectivity index (χ1n) is 7.19. The molecule has 1 aliphatic heterocycles. The van der Waals surface area contributed by atoms with Crippen molar-refractivity contribution in [2.75, 3.05) is 13.1 Å². The van der Waals surface area contributed by atoms with Gasteiger partial charge in [0, 0.05) is 18.5 Å². The summed E-state index contributed by atoms with van der Waals surface area (Å²) in [6, 6.07) is 3.34. The molecule has 1 aromatic heterocycles. The summed E-state index contributed by atoms with van der Waals surface area (Å²) in [6.45, 7) is 0.590. The number of rotatable bonds is 2. The zero-order valence-corrected chi connectivity index (χ0v) is 12.6. The summed E-state index contributed by atoms with van der Waals surface area (Å²) in [5, 5.41) is 16.2. The van der Waals surface area contributed by atoms with Crippen LogP contribution in [0.5, 0.6) is 0 Å². The number of benzene rings is 1. The molecular formula is C15H14F3N3O3. The van der Waals surface area contributed by atoms with Crippen LogP contribution in [0.15, 0.2) is 18.3 Å². The van der Waals surface area contributed by atoms with E-state index in [-0.39, 0.29) is 12.1 Å². The third kappa shape index (κ3) is 2.31. The van der Waals surface area contributed by atoms with Gasteiger partial charge < -0.3 is 10.0 Å². The summed E-state index contributed by atoms with van der Waals surface area (Å²) in [5.41, 5.74) is -1.55. The fraction of sp³-hybridized carbons (Fsp3) is 0.400. The number of hydrogen-bond donors (Lipinski definition) is 2. The number of carbonyl (C=O) groups is 2. The molecule has 1 unspecified atom stereocenters. The summed E-state index contributed by atoms with van der Waals surface area (Å²) >= 11 is 0. The number of carbonyl (C=O) groups excluding carboxylic acids is 1. The molecule has 2 N–H and O–H groups in total. The highest BCUT2D eigenvalue weighted by Gasteiger charge is 2.64. The molecule has 2 aromatic rings. The Morgan fingerprint density at radius 2 is 2.08 bits per heavy atom. The number of fused-ring (bicyclic) bond motifs is 1. The predicted octanol–water partition coefficient (Wildman–Crippen LogP) is 2.35. The summed E-state index contributed by atoms with van der Waals surface area (Å²) in [4.78, 5) is 24.8. The van der Waals surface area contributed by atoms with E-state index in [4.69, 9.17) is 5.11 Å². The van der Waals surface area contributed by atoms with E-state index in [1.165, 1.54) is 6.20 Å². The first-order chi connectivity index (χ1) is 11.2. The van der Waals surface area contributed by atoms with Gasteiger partial charge in [0.2, 0.25) is 0 Å². The van der Waals surface area contributed by atoms with Gasteiger partial charge in [-0.15, -0.1) is 0 Å². The number of aryl methyl sites for hydroxylation is 1. The van der Waals surface area contributed by atoms with Crippen LogP contribution in [0.3, 0.4) is 0 Å². The van der Waals surface area contributed by atoms with Crippen molar-refractivity contribution >= 4 is 22.8 Å². The largest absolute Gasteiger partial charge is 0.481 e. The Kier molecular flexibility index (Phi) is 3.54. The normalized spacial score (nSPS) is 21.4. The lowest BCUT2D eigenvalue weighted by Crippen LogP contribution is -2.47. The van der Waals surface area contributed by atoms with Crippen molar-refractivity contribution in [3.8, 4) is 0 Å². The number of alkyl halides is 3. The van der Waals surface area contributed by atoms with Gasteiger partial charge in [-0.3, -0.25) is 14.7 Å². The molecule has 0 bridgehead atoms. The number of aromatic nitrogens is 2. The number of nitrogens with zero attached hydrogens (tertiary/aromatic N) is 2. The Bertz CT molecular complexity index is 830. The molecule has 9 heteroatoms. The molecule has 128 valence electrons. The standard InChI is InChI=1S/C15H14F3N3O3/c1-8-4-9-6-19-20-11(9)10(5-8)12(22)21-3-2-14(7-21,13(23)24)15(16,17)18/h4-6H,2-3,7H2,1H3,(H,19,20)(H,23,24). The molecule has 6 nitrogen and oxygen atoms in total. The molecule has 0 aliphatic carbocycles. The predicted molar refractivity (Wildman–Crippen MR) is 77.5 cm³/mol. The second kappa shape index (κ2) is 5.22. The van der Waals surface area contributed by atoms with Gasteiger partial charge in [0.1, 0.15) is 0 Å². The number of carboxylic acids is 1. The van der Waals surface area contributed by atoms with Crippen LogP contribution in [0.2, 0.25) is 0 Å². The van der Waals surface area contributed by atoms with Crippen LogP contribution < -0.4 is 0 Å². The highest BCUT2D eigenvalue weighted by Crippen LogP contribution is 2.46. The van der Waals surface area contributed by atoms with Gasteiger partial charge in [-0.25, -0.2) is 0 Å². The Hall–Kier alpha value is -2.58. The van der Waals surface area contributed by atoms with E-state index < -0.39 is 36.4 Å². The topological polar surface area (TPSA) is 86.3 Å². The molecule has 1 atom stereocenters. The number of aliphatic carboxylic acids is 1. The summed E-state index contributed by atoms with van der Waals surface area (Å²) in [7, 11) is 0. The van der Waals surface area contributed by atoms with Gasteiger partial charge in [0.25, 0.3) is 5.91 Å². The zero-order valence-electron chi connectivity index (χ0n) is 12.6. The number of H-pyrrole nitrogens is 1. The average molecular weight is 341 g/mol. The van der Waals surface area contributed by atoms with Crippen LogP contribution in [-0.4, -0.2) is 51.3 Å². The minimum Gasteiger partial charge on any atom is -0.481 e. The van der Waals surface area contributed by atoms with E-state index in [2.05, 4.69) is 10.2 Å². The third-order valence-corrected chi connectivity index (χ3v) is 4.43. The molecule has 3 rings (SSSR count). The molecule has 2 heterocycles. The number of likely N-dealkylation sites (tertiary alicyclic amines) is 1. The Balaban J connectivity index is 1.97. The number of hydrogen-bond acceptors (Lipinski definition) is 3. The maximum Gasteiger partial charge on any atom is 0.406 e. The summed E-state index contributed by atoms with van der Waals surface area (Å²) < 4.78 is 39.7. The van der Waals surface area contributed by atoms with Gasteiger partial charge in [0.05, 0.1) is 17.3 Å². The monoisotopic (exact) mass is 341 g/mol. The second-order valence-corrected chi connectivity index (χ2v) is 6.01. The molecular weight excluding hydrogens is 327 g/mol. The zero-order chi connectivity index (χ0) is 17.7. The van der Waals surface area contributed by atoms with Crippen LogP contribution >= 0.6 is 0 Å². The lowest BCUT2D eigenvalue weighted by atomic mass is 9.86. The Morgan fingerprint density at radius 3 is 2.67 bits per heavy atom. The van der Waals surface area contributed by atoms with E-state index in [9.17, 15) is 22.8 Å². The van der Waals surface area contributed by atoms with Gasteiger partial charge in [-0.2, -0.15) is 18.3 Å². The average Bonchev–Trinajstić information content (AvgIpc) is 3.11. The number of nitrogens with one attached hydrogen (secondary N) is 1. The van der Waals surface area contributed by atoms with Crippen LogP contribution in [0, 0.1) is 12.3 Å². The molecule has 0 spiro atoms. The van der Waals surface area contributed by atoms with Gasteiger partial charge in [-0.05, 0) is 31.0 Å². The Labute approximate surface area is 134 Å². The number of carboxylic acid groups (broad SMARTS) is 1. The second-order valence-electron chi connectivity index (χ2n) is 6.01. The number of amides is 1. The smallest absolute Gasteiger partial charge is 0.406 e. The minimum atomic E-state index is -4.93. The molecule has 1 saturated heterocycles. The van der Waals surface area contributed by atoms with Crippen molar-refractivity contribution in [1.82, 2.24) is 15.1 Å². The molecule has 0 radical (unpaired) electrons. The maximum absolute atomic E-state index is 13.2. The van der Waals surface area contributed by atoms with Crippen molar-refractivity contribution in [2.45, 2.75) is 19.5 Å². The fourth-order valence-electron chi connectivity index (χ4n) is 3.06. The number of aromatic amines is 1. The van der Waals surface area contributed by atoms with Crippen LogP contribution in [0.1, 0.15) is 22.3 Å². The lowest BCUT2D eigenvalue weighted by Gasteiger charge is -2.27. The van der Waals surface area contributed by atoms with Crippen LogP contribution in [0.4, 0.5) is 13.2 Å². The van der Waals surface area contributed by atoms with Crippen molar-refractivity contribution in [3.63, 3.8) is 0 Å². The van der Waals surface area contributed by atoms with Gasteiger partial charge >= 0.3 is 12.1 Å². The van der Waals surface area contributed by atoms with E-state index in [1.807, 2.05) is 0 Å². The van der Waals surface area contributed by atoms with Crippen molar-refractivity contribution in [2.24, 2.45) is 5.41 Å². The summed E-state index contributed by atoms with van der Waals surface area (Å²) in [5.74, 6) is -2.60. The third-order valence-electron chi connectivity index (χ3n) is 4.43. The fourth-order valence-corrected chi connectivity index (χ4v) is 3.06. The van der Waals surface area contributed by atoms with Crippen molar-refractivity contribution in [3.05, 3.63) is 29.5 Å². The molecule has 1 aromatic carbocycles. The SMILES string of the molecule is Cc1cc(C(=O)N2CCC(C(=O)O)(C(F)(F)F)C2)c2[nH]ncc2c1. The summed E-state index contributed by atoms with van der Waals surface area (Å²) in [6.07, 6.45) is -4.07. The highest BCUT2D eigenvalue weighted by atomic mass is 19.4. The first kappa shape index (κ1) is 16.3. The maximum atomic E-state index is 13.2. The highest BCUT2D eigenvalue weighted by molar-refractivity contribution is 6.06.